The second kappa shape index (κ2) is 5.29. The average molecular weight is 300 g/mol. The number of nitrogens with zero attached hydrogens (tertiary/aromatic N) is 2. The highest BCUT2D eigenvalue weighted by atomic mass is 35.5. The molecule has 0 unspecified atom stereocenters. The Morgan fingerprint density at radius 1 is 1.16 bits per heavy atom. The highest BCUT2D eigenvalue weighted by Crippen LogP contribution is 2.27. The molecule has 0 saturated carbocycles. The molecular formula is C11H7Cl2N3O3. The lowest BCUT2D eigenvalue weighted by atomic mass is 10.2. The third-order valence-electron chi connectivity index (χ3n) is 2.22. The molecule has 1 heterocycles. The summed E-state index contributed by atoms with van der Waals surface area (Å²) in [7, 11) is 0. The normalized spacial score (nSPS) is 10.2. The van der Waals surface area contributed by atoms with Crippen LogP contribution in [0.1, 0.15) is 10.4 Å². The minimum atomic E-state index is -0.563. The molecule has 6 nitrogen and oxygen atoms in total. The first-order valence-corrected chi connectivity index (χ1v) is 5.74. The molecule has 0 aliphatic carbocycles. The Morgan fingerprint density at radius 2 is 1.89 bits per heavy atom. The zero-order valence-electron chi connectivity index (χ0n) is 9.26. The Hall–Kier alpha value is -2.05. The fourth-order valence-corrected chi connectivity index (χ4v) is 1.56. The van der Waals surface area contributed by atoms with Gasteiger partial charge in [0.05, 0.1) is 0 Å². The van der Waals surface area contributed by atoms with E-state index in [-0.39, 0.29) is 27.3 Å². The van der Waals surface area contributed by atoms with Crippen LogP contribution in [0.15, 0.2) is 24.5 Å². The van der Waals surface area contributed by atoms with Gasteiger partial charge in [-0.15, -0.1) is 0 Å². The van der Waals surface area contributed by atoms with Crippen LogP contribution in [0.2, 0.25) is 10.2 Å². The van der Waals surface area contributed by atoms with Crippen molar-refractivity contribution in [1.82, 2.24) is 9.97 Å². The fraction of sp³-hybridized carbons (Fsp3) is 0. The number of aromatic nitrogens is 2. The van der Waals surface area contributed by atoms with Gasteiger partial charge in [-0.1, -0.05) is 23.2 Å². The second-order valence-electron chi connectivity index (χ2n) is 3.48. The van der Waals surface area contributed by atoms with Gasteiger partial charge in [0.15, 0.2) is 22.5 Å². The van der Waals surface area contributed by atoms with Gasteiger partial charge in [0.25, 0.3) is 5.91 Å². The van der Waals surface area contributed by atoms with Gasteiger partial charge in [-0.05, 0) is 18.2 Å². The van der Waals surface area contributed by atoms with Crippen molar-refractivity contribution in [3.05, 3.63) is 40.3 Å². The molecule has 19 heavy (non-hydrogen) atoms. The molecule has 0 bridgehead atoms. The van der Waals surface area contributed by atoms with E-state index in [4.69, 9.17) is 28.3 Å². The van der Waals surface area contributed by atoms with Crippen molar-refractivity contribution in [2.75, 3.05) is 5.32 Å². The summed E-state index contributed by atoms with van der Waals surface area (Å²) in [5, 5.41) is 20.9. The highest BCUT2D eigenvalue weighted by Gasteiger charge is 2.13. The second-order valence-corrected chi connectivity index (χ2v) is 4.22. The summed E-state index contributed by atoms with van der Waals surface area (Å²) in [5.41, 5.74) is 0.126. The van der Waals surface area contributed by atoms with E-state index in [1.807, 2.05) is 0 Å². The number of halogens is 2. The molecule has 0 saturated heterocycles. The molecule has 0 spiro atoms. The fourth-order valence-electron chi connectivity index (χ4n) is 1.28. The lowest BCUT2D eigenvalue weighted by molar-refractivity contribution is 0.102. The molecule has 0 aliphatic rings. The van der Waals surface area contributed by atoms with E-state index < -0.39 is 11.7 Å². The van der Waals surface area contributed by atoms with Crippen LogP contribution < -0.4 is 5.32 Å². The molecular weight excluding hydrogens is 293 g/mol. The van der Waals surface area contributed by atoms with Crippen molar-refractivity contribution >= 4 is 34.9 Å². The van der Waals surface area contributed by atoms with Crippen LogP contribution in [-0.4, -0.2) is 26.1 Å². The maximum absolute atomic E-state index is 11.9. The van der Waals surface area contributed by atoms with Gasteiger partial charge in [-0.3, -0.25) is 4.79 Å². The van der Waals surface area contributed by atoms with Gasteiger partial charge >= 0.3 is 0 Å². The van der Waals surface area contributed by atoms with E-state index in [9.17, 15) is 9.90 Å². The van der Waals surface area contributed by atoms with Crippen LogP contribution in [0, 0.1) is 0 Å². The minimum absolute atomic E-state index is 0.0144. The number of phenolic OH excluding ortho intramolecular Hbond substituents is 2. The van der Waals surface area contributed by atoms with Crippen LogP contribution in [0.3, 0.4) is 0 Å². The molecule has 1 amide bonds. The smallest absolute Gasteiger partial charge is 0.256 e. The zero-order chi connectivity index (χ0) is 14.0. The predicted octanol–water partition coefficient (Wildman–Crippen LogP) is 2.45. The van der Waals surface area contributed by atoms with Gasteiger partial charge in [-0.25, -0.2) is 9.97 Å². The van der Waals surface area contributed by atoms with Crippen LogP contribution in [0.5, 0.6) is 11.5 Å². The molecule has 98 valence electrons. The molecule has 2 aromatic rings. The number of rotatable bonds is 2. The van der Waals surface area contributed by atoms with Crippen molar-refractivity contribution in [3.63, 3.8) is 0 Å². The molecule has 1 aromatic carbocycles. The summed E-state index contributed by atoms with van der Waals surface area (Å²) in [6, 6.07) is 3.64. The van der Waals surface area contributed by atoms with Crippen molar-refractivity contribution in [2.45, 2.75) is 0 Å². The standard InChI is InChI=1S/C11H7Cl2N3O3/c12-8-9(13)14-4-15-10(8)16-11(19)5-1-2-6(17)7(18)3-5/h1-4,17-18H,(H,14,15,16,19). The number of carbonyl (C=O) groups excluding carboxylic acids is 1. The van der Waals surface area contributed by atoms with Crippen molar-refractivity contribution in [2.24, 2.45) is 0 Å². The van der Waals surface area contributed by atoms with Crippen molar-refractivity contribution in [3.8, 4) is 11.5 Å². The maximum atomic E-state index is 11.9. The van der Waals surface area contributed by atoms with Crippen LogP contribution >= 0.6 is 23.2 Å². The highest BCUT2D eigenvalue weighted by molar-refractivity contribution is 6.43. The van der Waals surface area contributed by atoms with E-state index >= 15 is 0 Å². The van der Waals surface area contributed by atoms with E-state index in [2.05, 4.69) is 15.3 Å². The number of nitrogens with one attached hydrogen (secondary N) is 1. The van der Waals surface area contributed by atoms with Gasteiger partial charge in [-0.2, -0.15) is 0 Å². The number of anilines is 1. The number of amides is 1. The predicted molar refractivity (Wildman–Crippen MR) is 69.8 cm³/mol. The summed E-state index contributed by atoms with van der Waals surface area (Å²) in [4.78, 5) is 19.3. The molecule has 0 atom stereocenters. The zero-order valence-corrected chi connectivity index (χ0v) is 10.8. The van der Waals surface area contributed by atoms with E-state index in [1.165, 1.54) is 12.1 Å². The van der Waals surface area contributed by atoms with Crippen LogP contribution in [0.25, 0.3) is 0 Å². The van der Waals surface area contributed by atoms with Gasteiger partial charge in [0, 0.05) is 5.56 Å². The summed E-state index contributed by atoms with van der Waals surface area (Å²) in [6.45, 7) is 0. The quantitative estimate of drug-likeness (QED) is 0.585. The topological polar surface area (TPSA) is 95.3 Å². The Labute approximate surface area is 117 Å². The first-order chi connectivity index (χ1) is 8.99. The van der Waals surface area contributed by atoms with Crippen molar-refractivity contribution in [1.29, 1.82) is 0 Å². The lowest BCUT2D eigenvalue weighted by Gasteiger charge is -2.07. The third-order valence-corrected chi connectivity index (χ3v) is 2.96. The largest absolute Gasteiger partial charge is 0.504 e. The molecule has 1 aromatic heterocycles. The van der Waals surface area contributed by atoms with Gasteiger partial charge in [0.1, 0.15) is 11.3 Å². The molecule has 2 rings (SSSR count). The Bertz CT molecular complexity index is 649. The first kappa shape index (κ1) is 13.4. The number of aromatic hydroxyl groups is 2. The maximum Gasteiger partial charge on any atom is 0.256 e. The average Bonchev–Trinajstić information content (AvgIpc) is 2.38. The molecule has 0 radical (unpaired) electrons. The van der Waals surface area contributed by atoms with Gasteiger partial charge < -0.3 is 15.5 Å². The molecule has 0 aliphatic heterocycles. The van der Waals surface area contributed by atoms with E-state index in [1.54, 1.807) is 0 Å². The van der Waals surface area contributed by atoms with Gasteiger partial charge in [0.2, 0.25) is 0 Å². The van der Waals surface area contributed by atoms with Crippen LogP contribution in [0.4, 0.5) is 5.82 Å². The minimum Gasteiger partial charge on any atom is -0.504 e. The summed E-state index contributed by atoms with van der Waals surface area (Å²) in [6.07, 6.45) is 1.15. The Kier molecular flexibility index (Phi) is 3.73. The third kappa shape index (κ3) is 2.86. The Morgan fingerprint density at radius 3 is 2.58 bits per heavy atom. The number of hydrogen-bond acceptors (Lipinski definition) is 5. The number of hydrogen-bond donors (Lipinski definition) is 3. The van der Waals surface area contributed by atoms with Crippen LogP contribution in [-0.2, 0) is 0 Å². The summed E-state index contributed by atoms with van der Waals surface area (Å²) < 4.78 is 0. The molecule has 8 heteroatoms. The number of carbonyl (C=O) groups is 1. The Balaban J connectivity index is 2.26. The summed E-state index contributed by atoms with van der Waals surface area (Å²) in [5.74, 6) is -1.23. The number of phenols is 2. The number of benzene rings is 1. The molecule has 3 N–H and O–H groups in total. The first-order valence-electron chi connectivity index (χ1n) is 4.98. The van der Waals surface area contributed by atoms with E-state index in [0.29, 0.717) is 0 Å². The van der Waals surface area contributed by atoms with E-state index in [0.717, 1.165) is 12.4 Å². The monoisotopic (exact) mass is 299 g/mol. The SMILES string of the molecule is O=C(Nc1ncnc(Cl)c1Cl)c1ccc(O)c(O)c1. The summed E-state index contributed by atoms with van der Waals surface area (Å²) >= 11 is 11.5. The lowest BCUT2D eigenvalue weighted by Crippen LogP contribution is -2.13. The van der Waals surface area contributed by atoms with Crippen molar-refractivity contribution < 1.29 is 15.0 Å². The molecule has 0 fully saturated rings.